The summed E-state index contributed by atoms with van der Waals surface area (Å²) in [5, 5.41) is 8.43. The zero-order valence-electron chi connectivity index (χ0n) is 18.0. The first-order chi connectivity index (χ1) is 16.6. The molecular weight excluding hydrogens is 433 g/mol. The van der Waals surface area contributed by atoms with Gasteiger partial charge < -0.3 is 15.5 Å². The Kier molecular flexibility index (Phi) is 4.48. The van der Waals surface area contributed by atoms with Crippen LogP contribution in [-0.4, -0.2) is 37.2 Å². The van der Waals surface area contributed by atoms with Gasteiger partial charge in [0.2, 0.25) is 0 Å². The SMILES string of the molecule is COc1cc(F)cc(-c2ccnc3[nH]c(-c4n[nH]c5ccc(-c6cncc(N)c6)cc45)nc23)c1. The second kappa shape index (κ2) is 7.66. The summed E-state index contributed by atoms with van der Waals surface area (Å²) < 4.78 is 19.4. The number of halogens is 1. The van der Waals surface area contributed by atoms with Crippen molar-refractivity contribution in [1.82, 2.24) is 30.1 Å². The van der Waals surface area contributed by atoms with E-state index in [0.29, 0.717) is 39.7 Å². The van der Waals surface area contributed by atoms with Gasteiger partial charge in [-0.15, -0.1) is 0 Å². The zero-order valence-corrected chi connectivity index (χ0v) is 18.0. The average molecular weight is 451 g/mol. The third-order valence-electron chi connectivity index (χ3n) is 5.68. The Bertz CT molecular complexity index is 1690. The monoisotopic (exact) mass is 451 g/mol. The summed E-state index contributed by atoms with van der Waals surface area (Å²) in [6, 6.07) is 14.2. The Labute approximate surface area is 192 Å². The van der Waals surface area contributed by atoms with Crippen LogP contribution < -0.4 is 10.5 Å². The number of ether oxygens (including phenoxy) is 1. The number of hydrogen-bond donors (Lipinski definition) is 3. The Morgan fingerprint density at radius 1 is 0.971 bits per heavy atom. The second-order valence-electron chi connectivity index (χ2n) is 7.86. The fourth-order valence-corrected chi connectivity index (χ4v) is 4.08. The molecule has 0 saturated carbocycles. The highest BCUT2D eigenvalue weighted by molar-refractivity contribution is 5.97. The highest BCUT2D eigenvalue weighted by Gasteiger charge is 2.17. The van der Waals surface area contributed by atoms with Crippen LogP contribution >= 0.6 is 0 Å². The molecule has 0 atom stereocenters. The lowest BCUT2D eigenvalue weighted by Gasteiger charge is -2.06. The topological polar surface area (TPSA) is 118 Å². The van der Waals surface area contributed by atoms with Crippen LogP contribution in [0.5, 0.6) is 5.75 Å². The molecule has 6 aromatic rings. The van der Waals surface area contributed by atoms with Gasteiger partial charge in [0, 0.05) is 41.2 Å². The predicted molar refractivity (Wildman–Crippen MR) is 129 cm³/mol. The highest BCUT2D eigenvalue weighted by atomic mass is 19.1. The van der Waals surface area contributed by atoms with Gasteiger partial charge in [-0.2, -0.15) is 5.10 Å². The molecule has 0 fully saturated rings. The number of rotatable bonds is 4. The highest BCUT2D eigenvalue weighted by Crippen LogP contribution is 2.34. The predicted octanol–water partition coefficient (Wildman–Crippen LogP) is 4.96. The van der Waals surface area contributed by atoms with E-state index >= 15 is 0 Å². The molecule has 4 aromatic heterocycles. The van der Waals surface area contributed by atoms with Crippen molar-refractivity contribution in [2.24, 2.45) is 0 Å². The smallest absolute Gasteiger partial charge is 0.160 e. The molecular formula is C25H18FN7O. The van der Waals surface area contributed by atoms with Crippen molar-refractivity contribution in [3.05, 3.63) is 72.9 Å². The van der Waals surface area contributed by atoms with Crippen molar-refractivity contribution >= 4 is 27.8 Å². The van der Waals surface area contributed by atoms with E-state index in [-0.39, 0.29) is 0 Å². The maximum atomic E-state index is 14.2. The fourth-order valence-electron chi connectivity index (χ4n) is 4.08. The number of benzene rings is 2. The van der Waals surface area contributed by atoms with Crippen molar-refractivity contribution in [2.75, 3.05) is 12.8 Å². The number of imidazole rings is 1. The van der Waals surface area contributed by atoms with Crippen LogP contribution in [0.25, 0.3) is 55.8 Å². The largest absolute Gasteiger partial charge is 0.497 e. The fraction of sp³-hybridized carbons (Fsp3) is 0.0400. The third kappa shape index (κ3) is 3.30. The number of nitrogens with one attached hydrogen (secondary N) is 2. The van der Waals surface area contributed by atoms with Crippen LogP contribution in [0, 0.1) is 5.82 Å². The van der Waals surface area contributed by atoms with E-state index in [2.05, 4.69) is 25.1 Å². The lowest BCUT2D eigenvalue weighted by molar-refractivity contribution is 0.411. The summed E-state index contributed by atoms with van der Waals surface area (Å²) in [6.45, 7) is 0. The van der Waals surface area contributed by atoms with Gasteiger partial charge in [-0.3, -0.25) is 10.1 Å². The molecule has 6 rings (SSSR count). The zero-order chi connectivity index (χ0) is 23.2. The molecule has 0 spiro atoms. The van der Waals surface area contributed by atoms with Gasteiger partial charge >= 0.3 is 0 Å². The molecule has 0 saturated heterocycles. The number of fused-ring (bicyclic) bond motifs is 2. The Balaban J connectivity index is 1.50. The number of hydrogen-bond acceptors (Lipinski definition) is 6. The number of aromatic amines is 2. The molecule has 0 bridgehead atoms. The van der Waals surface area contributed by atoms with E-state index in [1.807, 2.05) is 24.3 Å². The number of pyridine rings is 2. The van der Waals surface area contributed by atoms with Crippen molar-refractivity contribution in [3.63, 3.8) is 0 Å². The third-order valence-corrected chi connectivity index (χ3v) is 5.68. The number of nitrogens with two attached hydrogens (primary N) is 1. The van der Waals surface area contributed by atoms with Crippen LogP contribution in [0.1, 0.15) is 0 Å². The normalized spacial score (nSPS) is 11.4. The van der Waals surface area contributed by atoms with Gasteiger partial charge in [0.25, 0.3) is 0 Å². The molecule has 8 nitrogen and oxygen atoms in total. The summed E-state index contributed by atoms with van der Waals surface area (Å²) in [5.74, 6) is 0.585. The lowest BCUT2D eigenvalue weighted by Crippen LogP contribution is -1.88. The van der Waals surface area contributed by atoms with Gasteiger partial charge in [0.15, 0.2) is 11.5 Å². The molecule has 0 unspecified atom stereocenters. The molecule has 9 heteroatoms. The Morgan fingerprint density at radius 2 is 1.88 bits per heavy atom. The second-order valence-corrected chi connectivity index (χ2v) is 7.86. The van der Waals surface area contributed by atoms with E-state index in [1.165, 1.54) is 19.2 Å². The number of methoxy groups -OCH3 is 1. The molecule has 4 heterocycles. The van der Waals surface area contributed by atoms with Crippen molar-refractivity contribution in [3.8, 4) is 39.5 Å². The summed E-state index contributed by atoms with van der Waals surface area (Å²) in [6.07, 6.45) is 5.03. The van der Waals surface area contributed by atoms with Gasteiger partial charge in [0.1, 0.15) is 22.8 Å². The van der Waals surface area contributed by atoms with Crippen LogP contribution in [-0.2, 0) is 0 Å². The molecule has 0 aliphatic carbocycles. The molecule has 166 valence electrons. The van der Waals surface area contributed by atoms with Crippen molar-refractivity contribution in [1.29, 1.82) is 0 Å². The molecule has 0 aliphatic heterocycles. The number of nitrogen functional groups attached to an aromatic ring is 1. The van der Waals surface area contributed by atoms with Crippen molar-refractivity contribution in [2.45, 2.75) is 0 Å². The van der Waals surface area contributed by atoms with E-state index < -0.39 is 5.82 Å². The summed E-state index contributed by atoms with van der Waals surface area (Å²) in [5.41, 5.74) is 12.4. The standard InChI is InChI=1S/C25H18FN7O/c1-34-18-8-14(6-16(26)10-18)19-4-5-29-24-22(19)30-25(31-24)23-20-9-13(2-3-21(20)32-33-23)15-7-17(27)12-28-11-15/h2-12H,27H2,1H3,(H,32,33)(H,29,30,31). The maximum Gasteiger partial charge on any atom is 0.160 e. The molecule has 0 aliphatic rings. The van der Waals surface area contributed by atoms with Crippen LogP contribution in [0.15, 0.2) is 67.1 Å². The van der Waals surface area contributed by atoms with Gasteiger partial charge in [-0.1, -0.05) is 6.07 Å². The first-order valence-corrected chi connectivity index (χ1v) is 10.5. The molecule has 2 aromatic carbocycles. The van der Waals surface area contributed by atoms with E-state index in [9.17, 15) is 4.39 Å². The van der Waals surface area contributed by atoms with Gasteiger partial charge in [-0.05, 0) is 47.5 Å². The van der Waals surface area contributed by atoms with E-state index in [0.717, 1.165) is 27.6 Å². The van der Waals surface area contributed by atoms with Crippen LogP contribution in [0.4, 0.5) is 10.1 Å². The number of aromatic nitrogens is 6. The van der Waals surface area contributed by atoms with E-state index in [1.54, 1.807) is 30.7 Å². The maximum absolute atomic E-state index is 14.2. The van der Waals surface area contributed by atoms with E-state index in [4.69, 9.17) is 15.5 Å². The molecule has 34 heavy (non-hydrogen) atoms. The van der Waals surface area contributed by atoms with Crippen LogP contribution in [0.3, 0.4) is 0 Å². The van der Waals surface area contributed by atoms with Gasteiger partial charge in [0.05, 0.1) is 18.3 Å². The summed E-state index contributed by atoms with van der Waals surface area (Å²) >= 11 is 0. The molecule has 0 amide bonds. The van der Waals surface area contributed by atoms with Gasteiger partial charge in [-0.25, -0.2) is 14.4 Å². The Morgan fingerprint density at radius 3 is 2.74 bits per heavy atom. The minimum Gasteiger partial charge on any atom is -0.497 e. The first-order valence-electron chi connectivity index (χ1n) is 10.5. The lowest BCUT2D eigenvalue weighted by atomic mass is 10.0. The average Bonchev–Trinajstić information content (AvgIpc) is 3.47. The molecule has 0 radical (unpaired) electrons. The summed E-state index contributed by atoms with van der Waals surface area (Å²) in [4.78, 5) is 16.6. The minimum absolute atomic E-state index is 0.392. The quantitative estimate of drug-likeness (QED) is 0.349. The molecule has 4 N–H and O–H groups in total. The number of H-pyrrole nitrogens is 2. The number of nitrogens with zero attached hydrogens (tertiary/aromatic N) is 4. The Hall–Kier alpha value is -4.79. The van der Waals surface area contributed by atoms with Crippen molar-refractivity contribution < 1.29 is 9.13 Å². The van der Waals surface area contributed by atoms with Crippen LogP contribution in [0.2, 0.25) is 0 Å². The summed E-state index contributed by atoms with van der Waals surface area (Å²) in [7, 11) is 1.50. The minimum atomic E-state index is -0.392. The first kappa shape index (κ1) is 19.9. The number of anilines is 1.